The Kier molecular flexibility index (Phi) is 7.54. The Hall–Kier alpha value is 0. The molecule has 3 saturated carbocycles. The zero-order valence-electron chi connectivity index (χ0n) is 16.8. The molecule has 4 atom stereocenters. The Balaban J connectivity index is 1.39. The fourth-order valence-electron chi connectivity index (χ4n) is 6.75. The molecule has 140 valence electrons. The molecule has 3 aliphatic rings. The van der Waals surface area contributed by atoms with E-state index in [0.29, 0.717) is 0 Å². The van der Waals surface area contributed by atoms with Crippen LogP contribution in [0.25, 0.3) is 0 Å². The van der Waals surface area contributed by atoms with Gasteiger partial charge < -0.3 is 0 Å². The molecule has 0 aromatic rings. The van der Waals surface area contributed by atoms with Crippen molar-refractivity contribution in [2.45, 2.75) is 117 Å². The van der Waals surface area contributed by atoms with Crippen LogP contribution in [-0.4, -0.2) is 0 Å². The van der Waals surface area contributed by atoms with Gasteiger partial charge in [0.25, 0.3) is 0 Å². The molecule has 0 heteroatoms. The Morgan fingerprint density at radius 1 is 0.500 bits per heavy atom. The third-order valence-corrected chi connectivity index (χ3v) is 8.23. The lowest BCUT2D eigenvalue weighted by Gasteiger charge is -2.45. The summed E-state index contributed by atoms with van der Waals surface area (Å²) in [4.78, 5) is 0. The minimum absolute atomic E-state index is 1.09. The maximum atomic E-state index is 2.38. The normalized spacial score (nSPS) is 40.2. The van der Waals surface area contributed by atoms with Crippen molar-refractivity contribution in [3.8, 4) is 0 Å². The number of hydrogen-bond acceptors (Lipinski definition) is 0. The third-order valence-electron chi connectivity index (χ3n) is 8.23. The van der Waals surface area contributed by atoms with Crippen molar-refractivity contribution in [2.24, 2.45) is 35.5 Å². The molecule has 0 radical (unpaired) electrons. The van der Waals surface area contributed by atoms with Gasteiger partial charge in [0.15, 0.2) is 0 Å². The molecule has 0 amide bonds. The first-order chi connectivity index (χ1) is 11.8. The van der Waals surface area contributed by atoms with E-state index in [1.54, 1.807) is 64.2 Å². The van der Waals surface area contributed by atoms with Crippen molar-refractivity contribution < 1.29 is 0 Å². The second kappa shape index (κ2) is 9.63. The average molecular weight is 333 g/mol. The summed E-state index contributed by atoms with van der Waals surface area (Å²) in [7, 11) is 0. The van der Waals surface area contributed by atoms with Crippen LogP contribution >= 0.6 is 0 Å². The van der Waals surface area contributed by atoms with Crippen molar-refractivity contribution in [3.63, 3.8) is 0 Å². The van der Waals surface area contributed by atoms with Crippen LogP contribution in [0.1, 0.15) is 117 Å². The summed E-state index contributed by atoms with van der Waals surface area (Å²) in [5, 5.41) is 0. The van der Waals surface area contributed by atoms with Gasteiger partial charge in [0.2, 0.25) is 0 Å². The van der Waals surface area contributed by atoms with Gasteiger partial charge in [-0.25, -0.2) is 0 Å². The van der Waals surface area contributed by atoms with Crippen molar-refractivity contribution in [2.75, 3.05) is 0 Å². The lowest BCUT2D eigenvalue weighted by Crippen LogP contribution is -2.34. The largest absolute Gasteiger partial charge is 0.0654 e. The molecule has 0 nitrogen and oxygen atoms in total. The van der Waals surface area contributed by atoms with E-state index in [0.717, 1.165) is 35.5 Å². The standard InChI is InChI=1S/C24H44/c1-3-5-6-8-19-9-12-21(13-10-19)23-16-15-22-17-20(7-4-2)11-14-24(22)18-23/h19-24H,3-18H2,1-2H3/t19?,20-,21?,22-,23+,24+/m0/s1. The van der Waals surface area contributed by atoms with Gasteiger partial charge in [0, 0.05) is 0 Å². The molecule has 0 aromatic heterocycles. The molecule has 24 heavy (non-hydrogen) atoms. The van der Waals surface area contributed by atoms with E-state index in [1.165, 1.54) is 38.5 Å². The van der Waals surface area contributed by atoms with Gasteiger partial charge in [-0.05, 0) is 80.5 Å². The molecule has 0 aromatic carbocycles. The summed E-state index contributed by atoms with van der Waals surface area (Å²) in [5.74, 6) is 6.66. The van der Waals surface area contributed by atoms with E-state index in [1.807, 2.05) is 0 Å². The van der Waals surface area contributed by atoms with Crippen LogP contribution in [0.4, 0.5) is 0 Å². The summed E-state index contributed by atoms with van der Waals surface area (Å²) in [6.45, 7) is 4.71. The van der Waals surface area contributed by atoms with Crippen LogP contribution in [-0.2, 0) is 0 Å². The topological polar surface area (TPSA) is 0 Å². The van der Waals surface area contributed by atoms with Crippen LogP contribution < -0.4 is 0 Å². The molecule has 0 spiro atoms. The molecule has 0 aliphatic heterocycles. The van der Waals surface area contributed by atoms with Gasteiger partial charge in [-0.1, -0.05) is 71.6 Å². The minimum Gasteiger partial charge on any atom is -0.0654 e. The van der Waals surface area contributed by atoms with Crippen LogP contribution in [0, 0.1) is 35.5 Å². The molecule has 3 aliphatic carbocycles. The maximum absolute atomic E-state index is 2.38. The van der Waals surface area contributed by atoms with Gasteiger partial charge in [0.05, 0.1) is 0 Å². The Labute approximate surface area is 152 Å². The average Bonchev–Trinajstić information content (AvgIpc) is 2.62. The molecule has 0 unspecified atom stereocenters. The second-order valence-electron chi connectivity index (χ2n) is 9.84. The Morgan fingerprint density at radius 3 is 1.79 bits per heavy atom. The fraction of sp³-hybridized carbons (Fsp3) is 1.00. The zero-order chi connectivity index (χ0) is 16.8. The molecular weight excluding hydrogens is 288 g/mol. The van der Waals surface area contributed by atoms with Crippen molar-refractivity contribution >= 4 is 0 Å². The van der Waals surface area contributed by atoms with Crippen LogP contribution in [0.5, 0.6) is 0 Å². The zero-order valence-corrected chi connectivity index (χ0v) is 16.8. The third kappa shape index (κ3) is 5.01. The van der Waals surface area contributed by atoms with Gasteiger partial charge in [-0.15, -0.1) is 0 Å². The number of rotatable bonds is 7. The highest BCUT2D eigenvalue weighted by Gasteiger charge is 2.38. The summed E-state index contributed by atoms with van der Waals surface area (Å²) in [5.41, 5.74) is 0. The second-order valence-corrected chi connectivity index (χ2v) is 9.84. The van der Waals surface area contributed by atoms with Crippen molar-refractivity contribution in [1.29, 1.82) is 0 Å². The number of fused-ring (bicyclic) bond motifs is 1. The van der Waals surface area contributed by atoms with E-state index in [2.05, 4.69) is 13.8 Å². The summed E-state index contributed by atoms with van der Waals surface area (Å²) in [6.07, 6.45) is 24.6. The van der Waals surface area contributed by atoms with Crippen molar-refractivity contribution in [1.82, 2.24) is 0 Å². The lowest BCUT2D eigenvalue weighted by atomic mass is 9.60. The Morgan fingerprint density at radius 2 is 1.08 bits per heavy atom. The monoisotopic (exact) mass is 332 g/mol. The minimum atomic E-state index is 1.09. The van der Waals surface area contributed by atoms with E-state index in [9.17, 15) is 0 Å². The smallest absolute Gasteiger partial charge is 0.0383 e. The van der Waals surface area contributed by atoms with Gasteiger partial charge in [-0.3, -0.25) is 0 Å². The molecule has 0 N–H and O–H groups in total. The highest BCUT2D eigenvalue weighted by atomic mass is 14.4. The highest BCUT2D eigenvalue weighted by Crippen LogP contribution is 2.49. The van der Waals surface area contributed by atoms with Crippen LogP contribution in [0.2, 0.25) is 0 Å². The van der Waals surface area contributed by atoms with Crippen LogP contribution in [0.15, 0.2) is 0 Å². The van der Waals surface area contributed by atoms with Crippen LogP contribution in [0.3, 0.4) is 0 Å². The molecular formula is C24H44. The first kappa shape index (κ1) is 18.8. The first-order valence-corrected chi connectivity index (χ1v) is 11.8. The van der Waals surface area contributed by atoms with Gasteiger partial charge in [-0.2, -0.15) is 0 Å². The lowest BCUT2D eigenvalue weighted by molar-refractivity contribution is 0.0578. The van der Waals surface area contributed by atoms with E-state index >= 15 is 0 Å². The van der Waals surface area contributed by atoms with E-state index in [-0.39, 0.29) is 0 Å². The summed E-state index contributed by atoms with van der Waals surface area (Å²) in [6, 6.07) is 0. The highest BCUT2D eigenvalue weighted by molar-refractivity contribution is 4.89. The molecule has 0 heterocycles. The first-order valence-electron chi connectivity index (χ1n) is 11.8. The number of hydrogen-bond donors (Lipinski definition) is 0. The number of unbranched alkanes of at least 4 members (excludes halogenated alkanes) is 2. The summed E-state index contributed by atoms with van der Waals surface area (Å²) >= 11 is 0. The van der Waals surface area contributed by atoms with E-state index in [4.69, 9.17) is 0 Å². The van der Waals surface area contributed by atoms with E-state index < -0.39 is 0 Å². The quantitative estimate of drug-likeness (QED) is 0.414. The predicted molar refractivity (Wildman–Crippen MR) is 106 cm³/mol. The van der Waals surface area contributed by atoms with Crippen molar-refractivity contribution in [3.05, 3.63) is 0 Å². The SMILES string of the molecule is CCCCCC1CCC([C@@H]2CC[C@H]3C[C@@H](CCC)CC[C@@H]3C2)CC1. The maximum Gasteiger partial charge on any atom is -0.0383 e. The summed E-state index contributed by atoms with van der Waals surface area (Å²) < 4.78 is 0. The van der Waals surface area contributed by atoms with Gasteiger partial charge >= 0.3 is 0 Å². The molecule has 0 saturated heterocycles. The molecule has 3 rings (SSSR count). The van der Waals surface area contributed by atoms with Gasteiger partial charge in [0.1, 0.15) is 0 Å². The Bertz CT molecular complexity index is 338. The molecule has 3 fully saturated rings. The fourth-order valence-corrected chi connectivity index (χ4v) is 6.75. The molecule has 0 bridgehead atoms. The predicted octanol–water partition coefficient (Wildman–Crippen LogP) is 8.01.